The molecule has 0 saturated carbocycles. The molecule has 0 aromatic carbocycles. The van der Waals surface area contributed by atoms with Gasteiger partial charge in [-0.1, -0.05) is 6.92 Å². The third kappa shape index (κ3) is 4.42. The molecule has 0 radical (unpaired) electrons. The summed E-state index contributed by atoms with van der Waals surface area (Å²) in [5.74, 6) is -11.7. The van der Waals surface area contributed by atoms with E-state index in [4.69, 9.17) is 9.47 Å². The molecule has 132 valence electrons. The molecule has 0 amide bonds. The molecule has 0 aliphatic carbocycles. The molecule has 1 rings (SSSR count). The van der Waals surface area contributed by atoms with E-state index in [0.717, 1.165) is 0 Å². The predicted molar refractivity (Wildman–Crippen MR) is 56.5 cm³/mol. The van der Waals surface area contributed by atoms with Gasteiger partial charge in [-0.2, -0.15) is 17.6 Å². The quantitative estimate of drug-likeness (QED) is 0.345. The molecule has 22 heavy (non-hydrogen) atoms. The van der Waals surface area contributed by atoms with Gasteiger partial charge in [0.1, 0.15) is 6.10 Å². The molecule has 4 unspecified atom stereocenters. The minimum Gasteiger partial charge on any atom is -0.371 e. The van der Waals surface area contributed by atoms with E-state index in [1.54, 1.807) is 0 Å². The van der Waals surface area contributed by atoms with E-state index < -0.39 is 37.1 Å². The lowest BCUT2D eigenvalue weighted by Crippen LogP contribution is -2.56. The van der Waals surface area contributed by atoms with Crippen molar-refractivity contribution in [3.8, 4) is 0 Å². The molecule has 11 heteroatoms. The monoisotopic (exact) mass is 346 g/mol. The lowest BCUT2D eigenvalue weighted by molar-refractivity contribution is -0.344. The van der Waals surface area contributed by atoms with Gasteiger partial charge in [0.05, 0.1) is 13.2 Å². The Kier molecular flexibility index (Phi) is 6.39. The Hall–Kier alpha value is -0.680. The summed E-state index contributed by atoms with van der Waals surface area (Å²) in [6.45, 7) is 1.51. The summed E-state index contributed by atoms with van der Waals surface area (Å²) in [5, 5.41) is 0. The van der Waals surface area contributed by atoms with Gasteiger partial charge < -0.3 is 14.2 Å². The van der Waals surface area contributed by atoms with E-state index in [1.165, 1.54) is 6.92 Å². The second-order valence-electron chi connectivity index (χ2n) is 4.56. The molecule has 0 spiro atoms. The van der Waals surface area contributed by atoms with Crippen molar-refractivity contribution in [2.45, 2.75) is 56.5 Å². The van der Waals surface area contributed by atoms with Crippen LogP contribution in [0.25, 0.3) is 0 Å². The Morgan fingerprint density at radius 3 is 2.05 bits per heavy atom. The van der Waals surface area contributed by atoms with Crippen molar-refractivity contribution in [2.24, 2.45) is 0 Å². The van der Waals surface area contributed by atoms with Gasteiger partial charge in [0, 0.05) is 0 Å². The Bertz CT molecular complexity index is 350. The lowest BCUT2D eigenvalue weighted by Gasteiger charge is -2.32. The number of hydrogen-bond donors (Lipinski definition) is 0. The maximum Gasteiger partial charge on any atom is 0.367 e. The van der Waals surface area contributed by atoms with Crippen LogP contribution in [0.2, 0.25) is 0 Å². The van der Waals surface area contributed by atoms with E-state index in [9.17, 15) is 35.1 Å². The smallest absolute Gasteiger partial charge is 0.367 e. The lowest BCUT2D eigenvalue weighted by atomic mass is 10.1. The number of hydrogen-bond acceptors (Lipinski definition) is 3. The van der Waals surface area contributed by atoms with Crippen LogP contribution in [0.15, 0.2) is 0 Å². The molecule has 0 N–H and O–H groups in total. The molecular weight excluding hydrogens is 332 g/mol. The Morgan fingerprint density at radius 1 is 1.09 bits per heavy atom. The molecular formula is C11H14F8O3. The van der Waals surface area contributed by atoms with Gasteiger partial charge in [0.15, 0.2) is 6.29 Å². The zero-order valence-corrected chi connectivity index (χ0v) is 11.3. The van der Waals surface area contributed by atoms with Crippen LogP contribution in [0.5, 0.6) is 0 Å². The molecule has 1 fully saturated rings. The van der Waals surface area contributed by atoms with Crippen LogP contribution in [-0.4, -0.2) is 56.4 Å². The van der Waals surface area contributed by atoms with Crippen LogP contribution in [0.3, 0.4) is 0 Å². The standard InChI is InChI=1S/C11H14F8O3/c1-2-6(21-4-5-3-20-5)22-9(15)11(18,19)10(16,17)7(12)8(13)14/h5-9H,2-4H2,1H3. The van der Waals surface area contributed by atoms with Crippen molar-refractivity contribution in [1.82, 2.24) is 0 Å². The highest BCUT2D eigenvalue weighted by molar-refractivity contribution is 4.94. The van der Waals surface area contributed by atoms with Crippen LogP contribution in [0, 0.1) is 0 Å². The zero-order chi connectivity index (χ0) is 17.1. The fourth-order valence-corrected chi connectivity index (χ4v) is 1.34. The van der Waals surface area contributed by atoms with Crippen LogP contribution in [0.1, 0.15) is 13.3 Å². The summed E-state index contributed by atoms with van der Waals surface area (Å²) < 4.78 is 116. The highest BCUT2D eigenvalue weighted by atomic mass is 19.3. The van der Waals surface area contributed by atoms with E-state index in [2.05, 4.69) is 4.74 Å². The zero-order valence-electron chi connectivity index (χ0n) is 11.3. The van der Waals surface area contributed by atoms with Crippen molar-refractivity contribution < 1.29 is 49.3 Å². The maximum absolute atomic E-state index is 13.3. The third-order valence-corrected chi connectivity index (χ3v) is 2.77. The van der Waals surface area contributed by atoms with Crippen LogP contribution in [-0.2, 0) is 14.2 Å². The first-order valence-electron chi connectivity index (χ1n) is 6.24. The average molecular weight is 346 g/mol. The molecule has 0 aromatic heterocycles. The van der Waals surface area contributed by atoms with Crippen molar-refractivity contribution in [3.63, 3.8) is 0 Å². The summed E-state index contributed by atoms with van der Waals surface area (Å²) in [6.07, 6.45) is -15.1. The van der Waals surface area contributed by atoms with Crippen LogP contribution >= 0.6 is 0 Å². The van der Waals surface area contributed by atoms with Gasteiger partial charge in [-0.15, -0.1) is 0 Å². The van der Waals surface area contributed by atoms with Gasteiger partial charge in [-0.05, 0) is 6.42 Å². The summed E-state index contributed by atoms with van der Waals surface area (Å²) >= 11 is 0. The van der Waals surface area contributed by atoms with Gasteiger partial charge >= 0.3 is 11.8 Å². The molecule has 1 aliphatic heterocycles. The number of ether oxygens (including phenoxy) is 3. The first-order chi connectivity index (χ1) is 10.0. The van der Waals surface area contributed by atoms with Gasteiger partial charge in [-0.3, -0.25) is 0 Å². The largest absolute Gasteiger partial charge is 0.371 e. The minimum absolute atomic E-state index is 0.143. The second-order valence-corrected chi connectivity index (χ2v) is 4.56. The van der Waals surface area contributed by atoms with Gasteiger partial charge in [0.2, 0.25) is 6.17 Å². The molecule has 0 bridgehead atoms. The molecule has 3 nitrogen and oxygen atoms in total. The molecule has 1 saturated heterocycles. The number of halogens is 8. The Morgan fingerprint density at radius 2 is 1.64 bits per heavy atom. The molecule has 0 aromatic rings. The van der Waals surface area contributed by atoms with Crippen LogP contribution in [0.4, 0.5) is 35.1 Å². The van der Waals surface area contributed by atoms with E-state index in [1.807, 2.05) is 0 Å². The number of alkyl halides is 8. The molecule has 4 atom stereocenters. The molecule has 1 aliphatic rings. The van der Waals surface area contributed by atoms with Gasteiger partial charge in [-0.25, -0.2) is 17.6 Å². The fraction of sp³-hybridized carbons (Fsp3) is 1.00. The summed E-state index contributed by atoms with van der Waals surface area (Å²) in [4.78, 5) is 0. The second kappa shape index (κ2) is 7.26. The van der Waals surface area contributed by atoms with Crippen molar-refractivity contribution in [3.05, 3.63) is 0 Å². The highest BCUT2D eigenvalue weighted by Gasteiger charge is 2.69. The highest BCUT2D eigenvalue weighted by Crippen LogP contribution is 2.44. The summed E-state index contributed by atoms with van der Waals surface area (Å²) in [7, 11) is 0. The van der Waals surface area contributed by atoms with E-state index in [-0.39, 0.29) is 19.1 Å². The summed E-state index contributed by atoms with van der Waals surface area (Å²) in [5.41, 5.74) is 0. The average Bonchev–Trinajstić information content (AvgIpc) is 3.25. The fourth-order valence-electron chi connectivity index (χ4n) is 1.34. The Labute approximate surface area is 120 Å². The topological polar surface area (TPSA) is 31.0 Å². The van der Waals surface area contributed by atoms with Crippen LogP contribution < -0.4 is 0 Å². The number of rotatable bonds is 10. The van der Waals surface area contributed by atoms with E-state index >= 15 is 0 Å². The van der Waals surface area contributed by atoms with E-state index in [0.29, 0.717) is 6.61 Å². The van der Waals surface area contributed by atoms with Gasteiger partial charge in [0.25, 0.3) is 12.8 Å². The minimum atomic E-state index is -5.95. The van der Waals surface area contributed by atoms with Crippen molar-refractivity contribution in [1.29, 1.82) is 0 Å². The first-order valence-corrected chi connectivity index (χ1v) is 6.24. The normalized spacial score (nSPS) is 23.5. The maximum atomic E-state index is 13.3. The third-order valence-electron chi connectivity index (χ3n) is 2.77. The van der Waals surface area contributed by atoms with Crippen molar-refractivity contribution >= 4 is 0 Å². The molecule has 1 heterocycles. The van der Waals surface area contributed by atoms with Crippen molar-refractivity contribution in [2.75, 3.05) is 13.2 Å². The SMILES string of the molecule is CCC(OCC1CO1)OC(F)C(F)(F)C(F)(F)C(F)C(F)F. The Balaban J connectivity index is 2.67. The predicted octanol–water partition coefficient (Wildman–Crippen LogP) is 3.32. The summed E-state index contributed by atoms with van der Waals surface area (Å²) in [6, 6.07) is 0. The first kappa shape index (κ1) is 19.4. The number of epoxide rings is 1.